The lowest BCUT2D eigenvalue weighted by Crippen LogP contribution is -2.48. The fourth-order valence-corrected chi connectivity index (χ4v) is 3.58. The van der Waals surface area contributed by atoms with E-state index in [1.807, 2.05) is 6.07 Å². The molecule has 26 heavy (non-hydrogen) atoms. The van der Waals surface area contributed by atoms with Crippen molar-refractivity contribution in [2.45, 2.75) is 25.4 Å². The average Bonchev–Trinajstić information content (AvgIpc) is 2.65. The molecule has 0 saturated heterocycles. The Morgan fingerprint density at radius 3 is 2.50 bits per heavy atom. The van der Waals surface area contributed by atoms with Gasteiger partial charge in [-0.15, -0.1) is 0 Å². The van der Waals surface area contributed by atoms with Crippen LogP contribution in [0.15, 0.2) is 53.3 Å². The zero-order valence-electron chi connectivity index (χ0n) is 14.5. The number of nitrogens with zero attached hydrogens (tertiary/aromatic N) is 3. The van der Waals surface area contributed by atoms with E-state index in [0.717, 1.165) is 5.56 Å². The molecule has 0 saturated carbocycles. The van der Waals surface area contributed by atoms with Crippen molar-refractivity contribution in [2.75, 3.05) is 7.05 Å². The summed E-state index contributed by atoms with van der Waals surface area (Å²) in [5.74, 6) is 0.118. The largest absolute Gasteiger partial charge is 0.333 e. The Bertz CT molecular complexity index is 1060. The number of amides is 1. The van der Waals surface area contributed by atoms with Crippen LogP contribution in [0.1, 0.15) is 30.4 Å². The SMILES string of the molecule is C[C@H]1C(=O)N(C)[C@H](Cc2ccc(F)cc2)c2nc3ccccc3c(=O)n21. The number of para-hydroxylation sites is 1. The molecular formula is C20H18FN3O2. The molecule has 3 aromatic rings. The topological polar surface area (TPSA) is 55.2 Å². The summed E-state index contributed by atoms with van der Waals surface area (Å²) >= 11 is 0. The van der Waals surface area contributed by atoms with Gasteiger partial charge in [0.2, 0.25) is 5.91 Å². The number of carbonyl (C=O) groups is 1. The molecule has 1 aromatic heterocycles. The van der Waals surface area contributed by atoms with E-state index >= 15 is 0 Å². The number of aromatic nitrogens is 2. The Morgan fingerprint density at radius 2 is 1.77 bits per heavy atom. The normalized spacial score (nSPS) is 19.7. The summed E-state index contributed by atoms with van der Waals surface area (Å²) in [4.78, 5) is 32.0. The van der Waals surface area contributed by atoms with E-state index in [1.54, 1.807) is 49.2 Å². The van der Waals surface area contributed by atoms with Gasteiger partial charge in [-0.05, 0) is 36.8 Å². The summed E-state index contributed by atoms with van der Waals surface area (Å²) in [7, 11) is 1.72. The van der Waals surface area contributed by atoms with Gasteiger partial charge in [-0.1, -0.05) is 24.3 Å². The van der Waals surface area contributed by atoms with Gasteiger partial charge in [0, 0.05) is 13.5 Å². The van der Waals surface area contributed by atoms with Crippen molar-refractivity contribution in [3.8, 4) is 0 Å². The van der Waals surface area contributed by atoms with Crippen LogP contribution in [0.4, 0.5) is 4.39 Å². The quantitative estimate of drug-likeness (QED) is 0.713. The third-order valence-corrected chi connectivity index (χ3v) is 5.04. The summed E-state index contributed by atoms with van der Waals surface area (Å²) in [5, 5.41) is 0.501. The molecule has 2 atom stereocenters. The highest BCUT2D eigenvalue weighted by Gasteiger charge is 2.37. The summed E-state index contributed by atoms with van der Waals surface area (Å²) in [6.45, 7) is 1.72. The zero-order chi connectivity index (χ0) is 18.4. The fraction of sp³-hybridized carbons (Fsp3) is 0.250. The Kier molecular flexibility index (Phi) is 3.83. The molecular weight excluding hydrogens is 333 g/mol. The number of likely N-dealkylation sites (N-methyl/N-ethyl adjacent to an activating group) is 1. The monoisotopic (exact) mass is 351 g/mol. The lowest BCUT2D eigenvalue weighted by Gasteiger charge is -2.37. The third kappa shape index (κ3) is 2.49. The molecule has 0 N–H and O–H groups in total. The van der Waals surface area contributed by atoms with Gasteiger partial charge in [0.25, 0.3) is 5.56 Å². The number of hydrogen-bond donors (Lipinski definition) is 0. The van der Waals surface area contributed by atoms with Gasteiger partial charge in [0.15, 0.2) is 0 Å². The minimum Gasteiger partial charge on any atom is -0.333 e. The van der Waals surface area contributed by atoms with Crippen LogP contribution in [0.3, 0.4) is 0 Å². The Morgan fingerprint density at radius 1 is 1.08 bits per heavy atom. The lowest BCUT2D eigenvalue weighted by molar-refractivity contribution is -0.137. The number of benzene rings is 2. The minimum absolute atomic E-state index is 0.135. The van der Waals surface area contributed by atoms with Crippen LogP contribution < -0.4 is 5.56 Å². The number of fused-ring (bicyclic) bond motifs is 2. The molecule has 132 valence electrons. The molecule has 0 spiro atoms. The second-order valence-corrected chi connectivity index (χ2v) is 6.63. The summed E-state index contributed by atoms with van der Waals surface area (Å²) in [5.41, 5.74) is 1.28. The molecule has 5 nitrogen and oxygen atoms in total. The average molecular weight is 351 g/mol. The van der Waals surface area contributed by atoms with Gasteiger partial charge in [-0.25, -0.2) is 9.37 Å². The first kappa shape index (κ1) is 16.4. The van der Waals surface area contributed by atoms with Crippen molar-refractivity contribution in [3.05, 3.63) is 76.1 Å². The van der Waals surface area contributed by atoms with E-state index in [4.69, 9.17) is 4.98 Å². The van der Waals surface area contributed by atoms with Gasteiger partial charge in [0.05, 0.1) is 16.9 Å². The predicted octanol–water partition coefficient (Wildman–Crippen LogP) is 2.85. The van der Waals surface area contributed by atoms with E-state index in [1.165, 1.54) is 16.7 Å². The van der Waals surface area contributed by atoms with E-state index in [9.17, 15) is 14.0 Å². The lowest BCUT2D eigenvalue weighted by atomic mass is 10.00. The van der Waals surface area contributed by atoms with Crippen LogP contribution in [0.5, 0.6) is 0 Å². The first-order valence-electron chi connectivity index (χ1n) is 8.49. The first-order valence-corrected chi connectivity index (χ1v) is 8.49. The maximum Gasteiger partial charge on any atom is 0.262 e. The molecule has 1 aliphatic rings. The molecule has 0 aliphatic carbocycles. The van der Waals surface area contributed by atoms with Crippen LogP contribution in [0.2, 0.25) is 0 Å². The first-order chi connectivity index (χ1) is 12.5. The maximum absolute atomic E-state index is 13.2. The van der Waals surface area contributed by atoms with Gasteiger partial charge in [-0.3, -0.25) is 14.2 Å². The maximum atomic E-state index is 13.2. The zero-order valence-corrected chi connectivity index (χ0v) is 14.5. The smallest absolute Gasteiger partial charge is 0.262 e. The molecule has 4 rings (SSSR count). The fourth-order valence-electron chi connectivity index (χ4n) is 3.58. The highest BCUT2D eigenvalue weighted by Crippen LogP contribution is 2.31. The van der Waals surface area contributed by atoms with Gasteiger partial charge >= 0.3 is 0 Å². The second-order valence-electron chi connectivity index (χ2n) is 6.63. The third-order valence-electron chi connectivity index (χ3n) is 5.04. The van der Waals surface area contributed by atoms with Crippen LogP contribution >= 0.6 is 0 Å². The second kappa shape index (κ2) is 6.05. The van der Waals surface area contributed by atoms with E-state index < -0.39 is 6.04 Å². The van der Waals surface area contributed by atoms with Crippen LogP contribution in [-0.4, -0.2) is 27.4 Å². The number of hydrogen-bond acceptors (Lipinski definition) is 3. The van der Waals surface area contributed by atoms with Crippen molar-refractivity contribution in [1.29, 1.82) is 0 Å². The standard InChI is InChI=1S/C20H18FN3O2/c1-12-19(25)23(2)17(11-13-7-9-14(21)10-8-13)18-22-16-6-4-3-5-15(16)20(26)24(12)18/h3-10,12,17H,11H2,1-2H3/t12-,17+/m0/s1. The highest BCUT2D eigenvalue weighted by atomic mass is 19.1. The van der Waals surface area contributed by atoms with Crippen LogP contribution in [0, 0.1) is 5.82 Å². The minimum atomic E-state index is -0.607. The predicted molar refractivity (Wildman–Crippen MR) is 96.3 cm³/mol. The van der Waals surface area contributed by atoms with Crippen molar-refractivity contribution in [3.63, 3.8) is 0 Å². The number of halogens is 1. The molecule has 2 aromatic carbocycles. The van der Waals surface area contributed by atoms with Gasteiger partial charge in [-0.2, -0.15) is 0 Å². The summed E-state index contributed by atoms with van der Waals surface area (Å²) < 4.78 is 14.7. The summed E-state index contributed by atoms with van der Waals surface area (Å²) in [6.07, 6.45) is 0.458. The molecule has 1 amide bonds. The molecule has 2 heterocycles. The van der Waals surface area contributed by atoms with Crippen LogP contribution in [0.25, 0.3) is 10.9 Å². The Labute approximate surface area is 149 Å². The van der Waals surface area contributed by atoms with Crippen LogP contribution in [-0.2, 0) is 11.2 Å². The van der Waals surface area contributed by atoms with Gasteiger partial charge in [0.1, 0.15) is 17.7 Å². The van der Waals surface area contributed by atoms with Crippen molar-refractivity contribution in [2.24, 2.45) is 0 Å². The Balaban J connectivity index is 1.90. The van der Waals surface area contributed by atoms with E-state index in [-0.39, 0.29) is 23.3 Å². The molecule has 0 unspecified atom stereocenters. The van der Waals surface area contributed by atoms with E-state index in [2.05, 4.69) is 0 Å². The molecule has 6 heteroatoms. The van der Waals surface area contributed by atoms with Crippen molar-refractivity contribution in [1.82, 2.24) is 14.5 Å². The van der Waals surface area contributed by atoms with Crippen molar-refractivity contribution < 1.29 is 9.18 Å². The summed E-state index contributed by atoms with van der Waals surface area (Å²) in [6, 6.07) is 12.3. The molecule has 0 fully saturated rings. The molecule has 0 radical (unpaired) electrons. The highest BCUT2D eigenvalue weighted by molar-refractivity contribution is 5.83. The Hall–Kier alpha value is -3.02. The number of carbonyl (C=O) groups excluding carboxylic acids is 1. The number of rotatable bonds is 2. The molecule has 0 bridgehead atoms. The van der Waals surface area contributed by atoms with Gasteiger partial charge < -0.3 is 4.90 Å². The van der Waals surface area contributed by atoms with E-state index in [0.29, 0.717) is 23.1 Å². The van der Waals surface area contributed by atoms with Crippen molar-refractivity contribution >= 4 is 16.8 Å². The molecule has 1 aliphatic heterocycles.